The van der Waals surface area contributed by atoms with Gasteiger partial charge in [-0.15, -0.1) is 0 Å². The number of anilines is 2. The van der Waals surface area contributed by atoms with Crippen molar-refractivity contribution in [3.05, 3.63) is 78.5 Å². The molecule has 178 valence electrons. The van der Waals surface area contributed by atoms with Gasteiger partial charge in [-0.2, -0.15) is 5.26 Å². The highest BCUT2D eigenvalue weighted by Crippen LogP contribution is 2.47. The second-order valence-corrected chi connectivity index (χ2v) is 10.8. The molecule has 3 fully saturated rings. The van der Waals surface area contributed by atoms with Crippen molar-refractivity contribution in [2.24, 2.45) is 17.8 Å². The number of aromatic nitrogens is 1. The molecule has 0 spiro atoms. The summed E-state index contributed by atoms with van der Waals surface area (Å²) < 4.78 is 0. The third-order valence-electron chi connectivity index (χ3n) is 8.65. The molecule has 0 amide bonds. The first-order valence-electron chi connectivity index (χ1n) is 13.3. The Morgan fingerprint density at radius 2 is 1.74 bits per heavy atom. The molecule has 1 aliphatic heterocycles. The van der Waals surface area contributed by atoms with Crippen molar-refractivity contribution in [3.8, 4) is 17.2 Å². The Hall–Kier alpha value is -3.32. The summed E-state index contributed by atoms with van der Waals surface area (Å²) in [4.78, 5) is 7.32. The maximum Gasteiger partial charge on any atom is 0.126 e. The minimum Gasteiger partial charge on any atom is -0.368 e. The fourth-order valence-electron chi connectivity index (χ4n) is 7.02. The van der Waals surface area contributed by atoms with Crippen molar-refractivity contribution in [1.29, 1.82) is 5.26 Å². The van der Waals surface area contributed by atoms with Crippen LogP contribution in [0.2, 0.25) is 0 Å². The van der Waals surface area contributed by atoms with Crippen LogP contribution >= 0.6 is 0 Å². The number of benzene rings is 2. The topological polar surface area (TPSA) is 52.0 Å². The smallest absolute Gasteiger partial charge is 0.126 e. The summed E-state index contributed by atoms with van der Waals surface area (Å²) >= 11 is 0. The monoisotopic (exact) mass is 462 g/mol. The molecule has 0 unspecified atom stereocenters. The summed E-state index contributed by atoms with van der Waals surface area (Å²) in [6, 6.07) is 26.5. The molecule has 3 aliphatic rings. The molecule has 3 aromatic rings. The third kappa shape index (κ3) is 4.65. The van der Waals surface area contributed by atoms with Crippen molar-refractivity contribution < 1.29 is 0 Å². The van der Waals surface area contributed by atoms with Crippen LogP contribution in [0.4, 0.5) is 11.5 Å². The first-order valence-corrected chi connectivity index (χ1v) is 13.3. The van der Waals surface area contributed by atoms with Crippen molar-refractivity contribution in [2.45, 2.75) is 57.0 Å². The van der Waals surface area contributed by atoms with Crippen molar-refractivity contribution in [2.75, 3.05) is 16.8 Å². The lowest BCUT2D eigenvalue weighted by molar-refractivity contribution is 0.243. The van der Waals surface area contributed by atoms with Gasteiger partial charge in [-0.25, -0.2) is 4.98 Å². The van der Waals surface area contributed by atoms with E-state index in [2.05, 4.69) is 75.9 Å². The average Bonchev–Trinajstić information content (AvgIpc) is 3.51. The second-order valence-electron chi connectivity index (χ2n) is 10.8. The Labute approximate surface area is 209 Å². The SMILES string of the molecule is N#Cc1ccc(N2C[C@@H]3C[C@H](C[C@@H]4CCCC[C@H]4Nc4cc(-c5ccccc5)ccn4)[C@H]2C3)cc1. The molecule has 2 heterocycles. The lowest BCUT2D eigenvalue weighted by Gasteiger charge is -2.40. The van der Waals surface area contributed by atoms with Crippen LogP contribution in [0, 0.1) is 29.1 Å². The van der Waals surface area contributed by atoms with E-state index in [1.54, 1.807) is 0 Å². The van der Waals surface area contributed by atoms with E-state index in [1.165, 1.54) is 68.3 Å². The molecule has 1 saturated heterocycles. The van der Waals surface area contributed by atoms with E-state index < -0.39 is 0 Å². The fraction of sp³-hybridized carbons (Fsp3) is 0.419. The van der Waals surface area contributed by atoms with Gasteiger partial charge in [0.2, 0.25) is 0 Å². The minimum absolute atomic E-state index is 0.504. The van der Waals surface area contributed by atoms with Gasteiger partial charge in [0.25, 0.3) is 0 Å². The molecule has 2 aliphatic carbocycles. The third-order valence-corrected chi connectivity index (χ3v) is 8.65. The number of hydrogen-bond donors (Lipinski definition) is 1. The van der Waals surface area contributed by atoms with Gasteiger partial charge in [0, 0.05) is 30.5 Å². The van der Waals surface area contributed by atoms with Gasteiger partial charge in [-0.05, 0) is 97.4 Å². The van der Waals surface area contributed by atoms with E-state index >= 15 is 0 Å². The maximum atomic E-state index is 9.15. The van der Waals surface area contributed by atoms with Gasteiger partial charge >= 0.3 is 0 Å². The highest BCUT2D eigenvalue weighted by molar-refractivity contribution is 5.66. The first-order chi connectivity index (χ1) is 17.3. The van der Waals surface area contributed by atoms with Gasteiger partial charge in [0.05, 0.1) is 11.6 Å². The standard InChI is InChI=1S/C31H34N4/c32-20-22-10-12-28(13-11-22)35-21-23-16-27(30(35)17-23)18-26-8-4-5-9-29(26)34-31-19-25(14-15-33-31)24-6-2-1-3-7-24/h1-3,6-7,10-15,19,23,26-27,29-30H,4-5,8-9,16-18,21H2,(H,33,34)/t23-,26+,27-,29-,30-/m1/s1. The quantitative estimate of drug-likeness (QED) is 0.433. The zero-order valence-electron chi connectivity index (χ0n) is 20.3. The highest BCUT2D eigenvalue weighted by atomic mass is 15.2. The molecule has 4 nitrogen and oxygen atoms in total. The van der Waals surface area contributed by atoms with Crippen molar-refractivity contribution in [3.63, 3.8) is 0 Å². The van der Waals surface area contributed by atoms with Gasteiger partial charge < -0.3 is 10.2 Å². The van der Waals surface area contributed by atoms with E-state index in [9.17, 15) is 0 Å². The summed E-state index contributed by atoms with van der Waals surface area (Å²) in [5, 5.41) is 13.0. The minimum atomic E-state index is 0.504. The molecule has 1 N–H and O–H groups in total. The molecular weight excluding hydrogens is 428 g/mol. The molecule has 35 heavy (non-hydrogen) atoms. The number of nitrogens with one attached hydrogen (secondary N) is 1. The molecule has 2 saturated carbocycles. The van der Waals surface area contributed by atoms with Crippen molar-refractivity contribution >= 4 is 11.5 Å². The van der Waals surface area contributed by atoms with E-state index in [-0.39, 0.29) is 0 Å². The lowest BCUT2D eigenvalue weighted by Crippen LogP contribution is -2.41. The van der Waals surface area contributed by atoms with Crippen LogP contribution in [0.15, 0.2) is 72.9 Å². The van der Waals surface area contributed by atoms with Crippen LogP contribution in [0.1, 0.15) is 50.5 Å². The van der Waals surface area contributed by atoms with Crippen LogP contribution in [0.25, 0.3) is 11.1 Å². The summed E-state index contributed by atoms with van der Waals surface area (Å²) in [5.74, 6) is 3.30. The summed E-state index contributed by atoms with van der Waals surface area (Å²) in [6.07, 6.45) is 11.2. The Morgan fingerprint density at radius 1 is 0.914 bits per heavy atom. The number of fused-ring (bicyclic) bond motifs is 2. The number of piperidine rings is 1. The molecule has 4 heteroatoms. The molecule has 6 rings (SSSR count). The Kier molecular flexibility index (Phi) is 6.17. The normalized spacial score (nSPS) is 27.5. The van der Waals surface area contributed by atoms with Gasteiger partial charge in [0.1, 0.15) is 5.82 Å². The first kappa shape index (κ1) is 22.2. The molecule has 5 atom stereocenters. The fourth-order valence-corrected chi connectivity index (χ4v) is 7.02. The zero-order valence-corrected chi connectivity index (χ0v) is 20.3. The van der Waals surface area contributed by atoms with E-state index in [0.29, 0.717) is 18.0 Å². The molecule has 1 aromatic heterocycles. The number of rotatable bonds is 6. The zero-order chi connectivity index (χ0) is 23.6. The summed E-state index contributed by atoms with van der Waals surface area (Å²) in [5.41, 5.74) is 4.50. The van der Waals surface area contributed by atoms with Gasteiger partial charge in [-0.1, -0.05) is 43.2 Å². The average molecular weight is 463 g/mol. The molecule has 0 radical (unpaired) electrons. The van der Waals surface area contributed by atoms with Crippen LogP contribution in [0.3, 0.4) is 0 Å². The summed E-state index contributed by atoms with van der Waals surface area (Å²) in [7, 11) is 0. The van der Waals surface area contributed by atoms with Crippen LogP contribution in [-0.4, -0.2) is 23.6 Å². The highest BCUT2D eigenvalue weighted by Gasteiger charge is 2.46. The molecule has 2 aromatic carbocycles. The molecular formula is C31H34N4. The number of hydrogen-bond acceptors (Lipinski definition) is 4. The second kappa shape index (κ2) is 9.74. The maximum absolute atomic E-state index is 9.15. The van der Waals surface area contributed by atoms with Crippen LogP contribution < -0.4 is 10.2 Å². The number of nitriles is 1. The Balaban J connectivity index is 1.15. The predicted molar refractivity (Wildman–Crippen MR) is 142 cm³/mol. The van der Waals surface area contributed by atoms with Crippen LogP contribution in [-0.2, 0) is 0 Å². The largest absolute Gasteiger partial charge is 0.368 e. The van der Waals surface area contributed by atoms with Gasteiger partial charge in [0.15, 0.2) is 0 Å². The Morgan fingerprint density at radius 3 is 2.54 bits per heavy atom. The van der Waals surface area contributed by atoms with E-state index in [1.807, 2.05) is 18.3 Å². The van der Waals surface area contributed by atoms with E-state index in [0.717, 1.165) is 23.2 Å². The van der Waals surface area contributed by atoms with Crippen molar-refractivity contribution in [1.82, 2.24) is 4.98 Å². The Bertz CT molecular complexity index is 1180. The predicted octanol–water partition coefficient (Wildman–Crippen LogP) is 6.90. The van der Waals surface area contributed by atoms with E-state index in [4.69, 9.17) is 5.26 Å². The summed E-state index contributed by atoms with van der Waals surface area (Å²) in [6.45, 7) is 1.18. The van der Waals surface area contributed by atoms with Gasteiger partial charge in [-0.3, -0.25) is 0 Å². The number of pyridine rings is 1. The molecule has 2 bridgehead atoms. The number of nitrogens with zero attached hydrogens (tertiary/aromatic N) is 3. The lowest BCUT2D eigenvalue weighted by atomic mass is 9.77. The van der Waals surface area contributed by atoms with Crippen LogP contribution in [0.5, 0.6) is 0 Å².